The fraction of sp³-hybridized carbons (Fsp3) is 0.364. The zero-order valence-electron chi connectivity index (χ0n) is 15.8. The molecule has 1 aliphatic rings. The van der Waals surface area contributed by atoms with E-state index in [1.807, 2.05) is 42.5 Å². The molecule has 1 atom stereocenters. The van der Waals surface area contributed by atoms with Crippen LogP contribution in [0.15, 0.2) is 54.6 Å². The molecule has 148 valence electrons. The minimum absolute atomic E-state index is 0.0188. The van der Waals surface area contributed by atoms with E-state index in [-0.39, 0.29) is 25.0 Å². The first-order valence-electron chi connectivity index (χ1n) is 9.59. The SMILES string of the molecule is O=Cc1ccc(N2CCC(C(=O)NC[C@H](O)COc3ccccc3)CC2)cc1. The predicted octanol–water partition coefficient (Wildman–Crippen LogP) is 2.27. The van der Waals surface area contributed by atoms with Crippen LogP contribution in [0.25, 0.3) is 0 Å². The number of aliphatic hydroxyl groups is 1. The molecule has 6 nitrogen and oxygen atoms in total. The first kappa shape index (κ1) is 19.9. The fourth-order valence-corrected chi connectivity index (χ4v) is 3.29. The normalized spacial score (nSPS) is 15.7. The van der Waals surface area contributed by atoms with Crippen molar-refractivity contribution in [3.63, 3.8) is 0 Å². The first-order chi connectivity index (χ1) is 13.7. The smallest absolute Gasteiger partial charge is 0.223 e. The molecule has 2 aromatic rings. The Bertz CT molecular complexity index is 756. The molecule has 1 amide bonds. The standard InChI is InChI=1S/C22H26N2O4/c25-15-17-6-8-19(9-7-17)24-12-10-18(11-13-24)22(27)23-14-20(26)16-28-21-4-2-1-3-5-21/h1-9,15,18,20,26H,10-14,16H2,(H,23,27)/t20-/m0/s1. The quantitative estimate of drug-likeness (QED) is 0.685. The average Bonchev–Trinajstić information content (AvgIpc) is 2.77. The molecule has 0 saturated carbocycles. The highest BCUT2D eigenvalue weighted by molar-refractivity contribution is 5.79. The first-order valence-corrected chi connectivity index (χ1v) is 9.59. The van der Waals surface area contributed by atoms with Gasteiger partial charge in [0.25, 0.3) is 0 Å². The Hall–Kier alpha value is -2.86. The van der Waals surface area contributed by atoms with Crippen molar-refractivity contribution in [3.8, 4) is 5.75 Å². The molecule has 1 saturated heterocycles. The van der Waals surface area contributed by atoms with Crippen LogP contribution in [0.3, 0.4) is 0 Å². The predicted molar refractivity (Wildman–Crippen MR) is 108 cm³/mol. The lowest BCUT2D eigenvalue weighted by Gasteiger charge is -2.33. The molecule has 0 spiro atoms. The summed E-state index contributed by atoms with van der Waals surface area (Å²) in [7, 11) is 0. The Morgan fingerprint density at radius 1 is 1.14 bits per heavy atom. The summed E-state index contributed by atoms with van der Waals surface area (Å²) in [5.41, 5.74) is 1.73. The minimum atomic E-state index is -0.749. The largest absolute Gasteiger partial charge is 0.491 e. The number of anilines is 1. The Balaban J connectivity index is 1.38. The van der Waals surface area contributed by atoms with Crippen molar-refractivity contribution in [2.45, 2.75) is 18.9 Å². The lowest BCUT2D eigenvalue weighted by molar-refractivity contribution is -0.126. The summed E-state index contributed by atoms with van der Waals surface area (Å²) in [4.78, 5) is 25.4. The minimum Gasteiger partial charge on any atom is -0.491 e. The number of ether oxygens (including phenoxy) is 1. The number of carbonyl (C=O) groups is 2. The summed E-state index contributed by atoms with van der Waals surface area (Å²) < 4.78 is 5.50. The van der Waals surface area contributed by atoms with Gasteiger partial charge in [0.2, 0.25) is 5.91 Å². The molecule has 0 aromatic heterocycles. The van der Waals surface area contributed by atoms with Gasteiger partial charge in [0.1, 0.15) is 24.7 Å². The van der Waals surface area contributed by atoms with Gasteiger partial charge < -0.3 is 20.1 Å². The van der Waals surface area contributed by atoms with E-state index in [1.54, 1.807) is 12.1 Å². The molecule has 1 aliphatic heterocycles. The number of piperidine rings is 1. The van der Waals surface area contributed by atoms with Gasteiger partial charge >= 0.3 is 0 Å². The van der Waals surface area contributed by atoms with Crippen molar-refractivity contribution >= 4 is 17.9 Å². The number of aldehydes is 1. The zero-order valence-corrected chi connectivity index (χ0v) is 15.8. The number of nitrogens with one attached hydrogen (secondary N) is 1. The van der Waals surface area contributed by atoms with Crippen molar-refractivity contribution in [1.29, 1.82) is 0 Å². The number of carbonyl (C=O) groups excluding carboxylic acids is 2. The highest BCUT2D eigenvalue weighted by atomic mass is 16.5. The third-order valence-corrected chi connectivity index (χ3v) is 4.96. The maximum atomic E-state index is 12.4. The molecule has 0 bridgehead atoms. The monoisotopic (exact) mass is 382 g/mol. The molecular formula is C22H26N2O4. The molecule has 28 heavy (non-hydrogen) atoms. The van der Waals surface area contributed by atoms with Gasteiger partial charge in [0, 0.05) is 36.8 Å². The number of para-hydroxylation sites is 1. The Labute approximate surface area is 165 Å². The molecule has 2 N–H and O–H groups in total. The van der Waals surface area contributed by atoms with Gasteiger partial charge in [-0.1, -0.05) is 18.2 Å². The lowest BCUT2D eigenvalue weighted by Crippen LogP contribution is -2.43. The maximum Gasteiger partial charge on any atom is 0.223 e. The number of hydrogen-bond donors (Lipinski definition) is 2. The van der Waals surface area contributed by atoms with Crippen LogP contribution in [0, 0.1) is 5.92 Å². The topological polar surface area (TPSA) is 78.9 Å². The average molecular weight is 382 g/mol. The summed E-state index contributed by atoms with van der Waals surface area (Å²) in [5.74, 6) is 0.629. The van der Waals surface area contributed by atoms with Crippen LogP contribution >= 0.6 is 0 Å². The molecule has 3 rings (SSSR count). The second-order valence-electron chi connectivity index (χ2n) is 6.99. The third kappa shape index (κ3) is 5.57. The molecular weight excluding hydrogens is 356 g/mol. The van der Waals surface area contributed by atoms with Gasteiger partial charge in [0.05, 0.1) is 0 Å². The molecule has 1 fully saturated rings. The molecule has 6 heteroatoms. The van der Waals surface area contributed by atoms with Gasteiger partial charge in [0.15, 0.2) is 0 Å². The number of hydrogen-bond acceptors (Lipinski definition) is 5. The molecule has 2 aromatic carbocycles. The molecule has 0 unspecified atom stereocenters. The van der Waals surface area contributed by atoms with Crippen molar-refractivity contribution in [2.75, 3.05) is 31.1 Å². The lowest BCUT2D eigenvalue weighted by atomic mass is 9.95. The summed E-state index contributed by atoms with van der Waals surface area (Å²) in [5, 5.41) is 12.9. The summed E-state index contributed by atoms with van der Waals surface area (Å²) in [6.07, 6.45) is 1.61. The van der Waals surface area contributed by atoms with Crippen molar-refractivity contribution < 1.29 is 19.4 Å². The van der Waals surface area contributed by atoms with Gasteiger partial charge in [-0.15, -0.1) is 0 Å². The highest BCUT2D eigenvalue weighted by Gasteiger charge is 2.25. The second kappa shape index (κ2) is 9.90. The summed E-state index contributed by atoms with van der Waals surface area (Å²) >= 11 is 0. The number of amides is 1. The summed E-state index contributed by atoms with van der Waals surface area (Å²) in [6, 6.07) is 16.8. The van der Waals surface area contributed by atoms with Crippen LogP contribution in [0.1, 0.15) is 23.2 Å². The van der Waals surface area contributed by atoms with Gasteiger partial charge in [-0.3, -0.25) is 9.59 Å². The Morgan fingerprint density at radius 3 is 2.46 bits per heavy atom. The van der Waals surface area contributed by atoms with Crippen LogP contribution in [0.2, 0.25) is 0 Å². The van der Waals surface area contributed by atoms with E-state index in [0.717, 1.165) is 37.9 Å². The van der Waals surface area contributed by atoms with Gasteiger partial charge in [-0.25, -0.2) is 0 Å². The van der Waals surface area contributed by atoms with E-state index in [1.165, 1.54) is 0 Å². The van der Waals surface area contributed by atoms with Crippen LogP contribution in [0.4, 0.5) is 5.69 Å². The van der Waals surface area contributed by atoms with Crippen molar-refractivity contribution in [2.24, 2.45) is 5.92 Å². The van der Waals surface area contributed by atoms with E-state index in [4.69, 9.17) is 4.74 Å². The van der Waals surface area contributed by atoms with Crippen LogP contribution in [0.5, 0.6) is 5.75 Å². The van der Waals surface area contributed by atoms with Gasteiger partial charge in [-0.2, -0.15) is 0 Å². The van der Waals surface area contributed by atoms with Gasteiger partial charge in [-0.05, 0) is 49.2 Å². The Morgan fingerprint density at radius 2 is 1.82 bits per heavy atom. The van der Waals surface area contributed by atoms with Crippen LogP contribution in [-0.2, 0) is 4.79 Å². The van der Waals surface area contributed by atoms with Crippen LogP contribution in [-0.4, -0.2) is 49.6 Å². The summed E-state index contributed by atoms with van der Waals surface area (Å²) in [6.45, 7) is 1.90. The number of rotatable bonds is 8. The van der Waals surface area contributed by atoms with E-state index < -0.39 is 6.10 Å². The molecule has 1 heterocycles. The van der Waals surface area contributed by atoms with E-state index in [0.29, 0.717) is 11.3 Å². The fourth-order valence-electron chi connectivity index (χ4n) is 3.29. The van der Waals surface area contributed by atoms with Crippen LogP contribution < -0.4 is 15.0 Å². The highest BCUT2D eigenvalue weighted by Crippen LogP contribution is 2.23. The van der Waals surface area contributed by atoms with Crippen molar-refractivity contribution in [3.05, 3.63) is 60.2 Å². The van der Waals surface area contributed by atoms with Crippen molar-refractivity contribution in [1.82, 2.24) is 5.32 Å². The number of benzene rings is 2. The third-order valence-electron chi connectivity index (χ3n) is 4.96. The number of aliphatic hydroxyl groups excluding tert-OH is 1. The van der Waals surface area contributed by atoms with E-state index >= 15 is 0 Å². The molecule has 0 radical (unpaired) electrons. The maximum absolute atomic E-state index is 12.4. The van der Waals surface area contributed by atoms with E-state index in [9.17, 15) is 14.7 Å². The Kier molecular flexibility index (Phi) is 7.03. The number of nitrogens with zero attached hydrogens (tertiary/aromatic N) is 1. The second-order valence-corrected chi connectivity index (χ2v) is 6.99. The van der Waals surface area contributed by atoms with E-state index in [2.05, 4.69) is 10.2 Å². The zero-order chi connectivity index (χ0) is 19.8. The molecule has 0 aliphatic carbocycles.